The van der Waals surface area contributed by atoms with Crippen LogP contribution in [0.15, 0.2) is 12.4 Å². The van der Waals surface area contributed by atoms with Crippen LogP contribution in [-0.2, 0) is 11.0 Å². The van der Waals surface area contributed by atoms with Crippen LogP contribution in [0.5, 0.6) is 0 Å². The topological polar surface area (TPSA) is 91.2 Å². The molecule has 2 aromatic heterocycles. The van der Waals surface area contributed by atoms with E-state index in [1.807, 2.05) is 17.8 Å². The minimum atomic E-state index is -4.59. The van der Waals surface area contributed by atoms with Gasteiger partial charge in [-0.05, 0) is 52.9 Å². The fourth-order valence-corrected chi connectivity index (χ4v) is 5.11. The Morgan fingerprint density at radius 3 is 2.61 bits per heavy atom. The van der Waals surface area contributed by atoms with Crippen LogP contribution in [0.4, 0.5) is 30.6 Å². The third kappa shape index (κ3) is 7.15. The largest absolute Gasteiger partial charge is 0.421 e. The number of likely N-dealkylation sites (tertiary alicyclic amines) is 2. The molecule has 38 heavy (non-hydrogen) atoms. The second-order valence-corrected chi connectivity index (χ2v) is 10.5. The zero-order chi connectivity index (χ0) is 27.3. The Morgan fingerprint density at radius 1 is 1.13 bits per heavy atom. The normalized spacial score (nSPS) is 18.2. The standard InChI is InChI=1S/C26H39F3N8O/c1-18(2)35-14-9-20(10-15-35)37-17-22(19(3)34-37)32-25-31-16-21(26(27,28)29)24(33-25)30-11-7-13-36-12-6-4-5-8-23(36)38/h16-18,20H,4-15H2,1-3H3,(H2,30,31,32,33). The summed E-state index contributed by atoms with van der Waals surface area (Å²) in [6.07, 6.45) is 4.04. The molecular formula is C26H39F3N8O. The molecule has 2 saturated heterocycles. The predicted octanol–water partition coefficient (Wildman–Crippen LogP) is 4.99. The highest BCUT2D eigenvalue weighted by Gasteiger charge is 2.35. The van der Waals surface area contributed by atoms with E-state index in [0.29, 0.717) is 37.7 Å². The van der Waals surface area contributed by atoms with Crippen molar-refractivity contribution in [2.75, 3.05) is 43.4 Å². The van der Waals surface area contributed by atoms with Gasteiger partial charge in [0.2, 0.25) is 11.9 Å². The van der Waals surface area contributed by atoms with E-state index >= 15 is 0 Å². The molecule has 2 aromatic rings. The number of carbonyl (C=O) groups excluding carboxylic acids is 1. The van der Waals surface area contributed by atoms with Crippen LogP contribution in [0.2, 0.25) is 0 Å². The van der Waals surface area contributed by atoms with E-state index in [9.17, 15) is 18.0 Å². The lowest BCUT2D eigenvalue weighted by Gasteiger charge is -2.34. The molecule has 4 rings (SSSR count). The average Bonchev–Trinajstić information content (AvgIpc) is 3.10. The highest BCUT2D eigenvalue weighted by atomic mass is 19.4. The van der Waals surface area contributed by atoms with Crippen LogP contribution >= 0.6 is 0 Å². The van der Waals surface area contributed by atoms with Crippen molar-refractivity contribution in [3.63, 3.8) is 0 Å². The Balaban J connectivity index is 1.40. The van der Waals surface area contributed by atoms with Crippen LogP contribution in [0.3, 0.4) is 0 Å². The van der Waals surface area contributed by atoms with Gasteiger partial charge < -0.3 is 20.4 Å². The third-order valence-corrected chi connectivity index (χ3v) is 7.43. The number of nitrogens with zero attached hydrogens (tertiary/aromatic N) is 6. The first-order valence-corrected chi connectivity index (χ1v) is 13.6. The van der Waals surface area contributed by atoms with Gasteiger partial charge in [0.15, 0.2) is 0 Å². The summed E-state index contributed by atoms with van der Waals surface area (Å²) in [5, 5.41) is 10.5. The molecule has 0 aromatic carbocycles. The van der Waals surface area contributed by atoms with Crippen LogP contribution in [0, 0.1) is 6.92 Å². The van der Waals surface area contributed by atoms with Crippen molar-refractivity contribution >= 4 is 23.4 Å². The molecule has 0 saturated carbocycles. The fourth-order valence-electron chi connectivity index (χ4n) is 5.11. The van der Waals surface area contributed by atoms with Crippen molar-refractivity contribution in [2.45, 2.75) is 84.0 Å². The van der Waals surface area contributed by atoms with Crippen LogP contribution in [-0.4, -0.2) is 74.2 Å². The molecule has 0 bridgehead atoms. The van der Waals surface area contributed by atoms with Crippen molar-refractivity contribution in [1.82, 2.24) is 29.5 Å². The summed E-state index contributed by atoms with van der Waals surface area (Å²) >= 11 is 0. The summed E-state index contributed by atoms with van der Waals surface area (Å²) in [6, 6.07) is 0.796. The lowest BCUT2D eigenvalue weighted by Crippen LogP contribution is -2.39. The van der Waals surface area contributed by atoms with Gasteiger partial charge in [-0.1, -0.05) is 6.42 Å². The summed E-state index contributed by atoms with van der Waals surface area (Å²) in [5.41, 5.74) is 0.483. The van der Waals surface area contributed by atoms with Gasteiger partial charge in [-0.25, -0.2) is 4.98 Å². The van der Waals surface area contributed by atoms with Gasteiger partial charge in [-0.15, -0.1) is 0 Å². The quantitative estimate of drug-likeness (QED) is 0.436. The Kier molecular flexibility index (Phi) is 9.11. The van der Waals surface area contributed by atoms with Crippen molar-refractivity contribution < 1.29 is 18.0 Å². The monoisotopic (exact) mass is 536 g/mol. The summed E-state index contributed by atoms with van der Waals surface area (Å²) in [7, 11) is 0. The van der Waals surface area contributed by atoms with E-state index in [0.717, 1.165) is 57.1 Å². The Morgan fingerprint density at radius 2 is 1.89 bits per heavy atom. The lowest BCUT2D eigenvalue weighted by atomic mass is 10.0. The Bertz CT molecular complexity index is 1080. The summed E-state index contributed by atoms with van der Waals surface area (Å²) in [6.45, 7) is 9.75. The summed E-state index contributed by atoms with van der Waals surface area (Å²) in [5.74, 6) is -0.0860. The Labute approximate surface area is 222 Å². The average molecular weight is 537 g/mol. The number of anilines is 3. The molecule has 0 atom stereocenters. The second-order valence-electron chi connectivity index (χ2n) is 10.5. The number of amides is 1. The number of rotatable bonds is 9. The molecule has 2 N–H and O–H groups in total. The molecule has 2 aliphatic heterocycles. The highest BCUT2D eigenvalue weighted by Crippen LogP contribution is 2.34. The summed E-state index contributed by atoms with van der Waals surface area (Å²) < 4.78 is 42.9. The number of nitrogens with one attached hydrogen (secondary N) is 2. The number of halogens is 3. The molecule has 1 amide bonds. The zero-order valence-corrected chi connectivity index (χ0v) is 22.5. The van der Waals surface area contributed by atoms with Crippen molar-refractivity contribution in [3.05, 3.63) is 23.7 Å². The van der Waals surface area contributed by atoms with E-state index in [1.54, 1.807) is 4.90 Å². The fraction of sp³-hybridized carbons (Fsp3) is 0.692. The number of aryl methyl sites for hydroxylation is 1. The molecule has 0 spiro atoms. The van der Waals surface area contributed by atoms with E-state index in [4.69, 9.17) is 0 Å². The predicted molar refractivity (Wildman–Crippen MR) is 140 cm³/mol. The van der Waals surface area contributed by atoms with Gasteiger partial charge in [-0.2, -0.15) is 23.3 Å². The van der Waals surface area contributed by atoms with Gasteiger partial charge >= 0.3 is 6.18 Å². The van der Waals surface area contributed by atoms with Crippen molar-refractivity contribution in [3.8, 4) is 0 Å². The van der Waals surface area contributed by atoms with E-state index < -0.39 is 11.7 Å². The van der Waals surface area contributed by atoms with Crippen molar-refractivity contribution in [2.24, 2.45) is 0 Å². The minimum Gasteiger partial charge on any atom is -0.369 e. The van der Waals surface area contributed by atoms with Crippen LogP contribution < -0.4 is 10.6 Å². The van der Waals surface area contributed by atoms with Gasteiger partial charge in [0.25, 0.3) is 0 Å². The highest BCUT2D eigenvalue weighted by molar-refractivity contribution is 5.76. The molecule has 2 aliphatic rings. The second kappa shape index (κ2) is 12.3. The van der Waals surface area contributed by atoms with Crippen LogP contribution in [0.25, 0.3) is 0 Å². The molecule has 0 unspecified atom stereocenters. The number of hydrogen-bond acceptors (Lipinski definition) is 7. The molecule has 0 radical (unpaired) electrons. The van der Waals surface area contributed by atoms with E-state index in [2.05, 4.69) is 44.4 Å². The first-order chi connectivity index (χ1) is 18.1. The van der Waals surface area contributed by atoms with Gasteiger partial charge in [0, 0.05) is 57.6 Å². The van der Waals surface area contributed by atoms with Gasteiger partial charge in [0.05, 0.1) is 17.4 Å². The van der Waals surface area contributed by atoms with Crippen LogP contribution in [0.1, 0.15) is 76.1 Å². The van der Waals surface area contributed by atoms with Gasteiger partial charge in [-0.3, -0.25) is 9.48 Å². The molecule has 2 fully saturated rings. The van der Waals surface area contributed by atoms with Crippen molar-refractivity contribution in [1.29, 1.82) is 0 Å². The smallest absolute Gasteiger partial charge is 0.369 e. The van der Waals surface area contributed by atoms with E-state index in [-0.39, 0.29) is 30.3 Å². The number of hydrogen-bond donors (Lipinski definition) is 2. The lowest BCUT2D eigenvalue weighted by molar-refractivity contribution is -0.137. The van der Waals surface area contributed by atoms with Gasteiger partial charge in [0.1, 0.15) is 11.4 Å². The molecular weight excluding hydrogens is 497 g/mol. The molecule has 9 nitrogen and oxygen atoms in total. The molecule has 12 heteroatoms. The first kappa shape index (κ1) is 28.1. The summed E-state index contributed by atoms with van der Waals surface area (Å²) in [4.78, 5) is 24.5. The molecule has 210 valence electrons. The third-order valence-electron chi connectivity index (χ3n) is 7.43. The first-order valence-electron chi connectivity index (χ1n) is 13.6. The molecule has 4 heterocycles. The maximum absolute atomic E-state index is 13.6. The molecule has 0 aliphatic carbocycles. The van der Waals surface area contributed by atoms with E-state index in [1.165, 1.54) is 0 Å². The number of alkyl halides is 3. The SMILES string of the molecule is Cc1nn(C2CCN(C(C)C)CC2)cc1Nc1ncc(C(F)(F)F)c(NCCCN2CCCCCC2=O)n1. The minimum absolute atomic E-state index is 0.0699. The zero-order valence-electron chi connectivity index (χ0n) is 22.5. The Hall–Kier alpha value is -2.89. The number of aromatic nitrogens is 4. The maximum atomic E-state index is 13.6. The number of carbonyl (C=O) groups is 1. The maximum Gasteiger partial charge on any atom is 0.421 e. The number of piperidine rings is 1.